The molecule has 0 spiro atoms. The van der Waals surface area contributed by atoms with Crippen molar-refractivity contribution in [2.75, 3.05) is 0 Å². The summed E-state index contributed by atoms with van der Waals surface area (Å²) in [5, 5.41) is 12.7. The first-order chi connectivity index (χ1) is 11.6. The van der Waals surface area contributed by atoms with Crippen molar-refractivity contribution in [3.05, 3.63) is 88.5 Å². The number of nitro benzene ring substituents is 1. The minimum absolute atomic E-state index is 0.0545. The number of nitro groups is 1. The number of hydrogen-bond acceptors (Lipinski definition) is 4. The molecule has 0 aliphatic heterocycles. The maximum Gasteiger partial charge on any atom is 0.336 e. The number of nitrogens with zero attached hydrogens (tertiary/aromatic N) is 1. The molecule has 0 fully saturated rings. The molecular formula is C19H13NO4. The zero-order chi connectivity index (χ0) is 16.9. The van der Waals surface area contributed by atoms with Gasteiger partial charge in [0.05, 0.1) is 4.92 Å². The fourth-order valence-corrected chi connectivity index (χ4v) is 2.34. The average Bonchev–Trinajstić information content (AvgIpc) is 2.60. The van der Waals surface area contributed by atoms with Crippen LogP contribution in [-0.2, 0) is 4.79 Å². The summed E-state index contributed by atoms with van der Waals surface area (Å²) >= 11 is 0. The van der Waals surface area contributed by atoms with Gasteiger partial charge in [0.2, 0.25) is 0 Å². The lowest BCUT2D eigenvalue weighted by molar-refractivity contribution is -0.384. The van der Waals surface area contributed by atoms with E-state index in [1.165, 1.54) is 30.3 Å². The third kappa shape index (κ3) is 3.47. The second-order valence-electron chi connectivity index (χ2n) is 5.07. The van der Waals surface area contributed by atoms with E-state index in [0.717, 1.165) is 16.3 Å². The van der Waals surface area contributed by atoms with E-state index in [9.17, 15) is 14.9 Å². The van der Waals surface area contributed by atoms with E-state index in [2.05, 4.69) is 0 Å². The lowest BCUT2D eigenvalue weighted by Crippen LogP contribution is -2.03. The molecule has 118 valence electrons. The van der Waals surface area contributed by atoms with Crippen LogP contribution in [0.3, 0.4) is 0 Å². The summed E-state index contributed by atoms with van der Waals surface area (Å²) in [4.78, 5) is 22.0. The normalized spacial score (nSPS) is 10.8. The van der Waals surface area contributed by atoms with E-state index in [4.69, 9.17) is 4.74 Å². The molecule has 0 atom stereocenters. The molecule has 3 rings (SSSR count). The quantitative estimate of drug-likeness (QED) is 0.235. The Balaban J connectivity index is 1.74. The zero-order valence-electron chi connectivity index (χ0n) is 12.6. The SMILES string of the molecule is O=C(/C=C/c1cccc2ccccc12)Oc1ccc([N+](=O)[O-])cc1. The Labute approximate surface area is 138 Å². The number of benzene rings is 3. The van der Waals surface area contributed by atoms with Crippen LogP contribution in [0.2, 0.25) is 0 Å². The van der Waals surface area contributed by atoms with Crippen LogP contribution < -0.4 is 4.74 Å². The lowest BCUT2D eigenvalue weighted by Gasteiger charge is -2.02. The number of esters is 1. The highest BCUT2D eigenvalue weighted by Crippen LogP contribution is 2.20. The third-order valence-corrected chi connectivity index (χ3v) is 3.49. The van der Waals surface area contributed by atoms with Gasteiger partial charge < -0.3 is 4.74 Å². The summed E-state index contributed by atoms with van der Waals surface area (Å²) in [6, 6.07) is 19.1. The monoisotopic (exact) mass is 319 g/mol. The predicted octanol–water partition coefficient (Wildman–Crippen LogP) is 4.37. The molecule has 0 saturated carbocycles. The molecular weight excluding hydrogens is 306 g/mol. The van der Waals surface area contributed by atoms with E-state index >= 15 is 0 Å². The van der Waals surface area contributed by atoms with Crippen molar-refractivity contribution in [3.8, 4) is 5.75 Å². The van der Waals surface area contributed by atoms with Gasteiger partial charge in [-0.15, -0.1) is 0 Å². The summed E-state index contributed by atoms with van der Waals surface area (Å²) in [5.74, 6) is -0.287. The van der Waals surface area contributed by atoms with Gasteiger partial charge in [0, 0.05) is 18.2 Å². The van der Waals surface area contributed by atoms with Gasteiger partial charge in [-0.25, -0.2) is 4.79 Å². The molecule has 0 unspecified atom stereocenters. The van der Waals surface area contributed by atoms with Crippen molar-refractivity contribution in [2.24, 2.45) is 0 Å². The van der Waals surface area contributed by atoms with Gasteiger partial charge in [0.1, 0.15) is 5.75 Å². The van der Waals surface area contributed by atoms with Crippen molar-refractivity contribution in [3.63, 3.8) is 0 Å². The van der Waals surface area contributed by atoms with Crippen LogP contribution in [0.15, 0.2) is 72.8 Å². The summed E-state index contributed by atoms with van der Waals surface area (Å²) in [7, 11) is 0. The van der Waals surface area contributed by atoms with Gasteiger partial charge in [-0.1, -0.05) is 42.5 Å². The van der Waals surface area contributed by atoms with Gasteiger partial charge in [0.25, 0.3) is 5.69 Å². The average molecular weight is 319 g/mol. The number of rotatable bonds is 4. The first kappa shape index (κ1) is 15.4. The smallest absolute Gasteiger partial charge is 0.336 e. The molecule has 0 N–H and O–H groups in total. The molecule has 3 aromatic rings. The fourth-order valence-electron chi connectivity index (χ4n) is 2.34. The Kier molecular flexibility index (Phi) is 4.34. The molecule has 0 aliphatic rings. The highest BCUT2D eigenvalue weighted by molar-refractivity contribution is 5.95. The van der Waals surface area contributed by atoms with E-state index in [-0.39, 0.29) is 11.4 Å². The minimum atomic E-state index is -0.545. The van der Waals surface area contributed by atoms with Crippen LogP contribution in [0.4, 0.5) is 5.69 Å². The number of carbonyl (C=O) groups excluding carboxylic acids is 1. The Morgan fingerprint density at radius 2 is 1.67 bits per heavy atom. The molecule has 0 radical (unpaired) electrons. The second-order valence-corrected chi connectivity index (χ2v) is 5.07. The minimum Gasteiger partial charge on any atom is -0.423 e. The zero-order valence-corrected chi connectivity index (χ0v) is 12.6. The van der Waals surface area contributed by atoms with Crippen LogP contribution in [-0.4, -0.2) is 10.9 Å². The number of fused-ring (bicyclic) bond motifs is 1. The maximum atomic E-state index is 11.9. The molecule has 0 aliphatic carbocycles. The van der Waals surface area contributed by atoms with Crippen LogP contribution >= 0.6 is 0 Å². The standard InChI is InChI=1S/C19H13NO4/c21-19(24-17-11-9-16(10-12-17)20(22)23)13-8-15-6-3-5-14-4-1-2-7-18(14)15/h1-13H/b13-8+. The van der Waals surface area contributed by atoms with Gasteiger partial charge in [0.15, 0.2) is 0 Å². The topological polar surface area (TPSA) is 69.4 Å². The van der Waals surface area contributed by atoms with Crippen LogP contribution in [0.1, 0.15) is 5.56 Å². The summed E-state index contributed by atoms with van der Waals surface area (Å²) in [6.45, 7) is 0. The van der Waals surface area contributed by atoms with Gasteiger partial charge in [-0.3, -0.25) is 10.1 Å². The molecule has 0 bridgehead atoms. The Hall–Kier alpha value is -3.47. The fraction of sp³-hybridized carbons (Fsp3) is 0. The molecule has 24 heavy (non-hydrogen) atoms. The summed E-state index contributed by atoms with van der Waals surface area (Å²) in [6.07, 6.45) is 3.03. The third-order valence-electron chi connectivity index (χ3n) is 3.49. The summed E-state index contributed by atoms with van der Waals surface area (Å²) < 4.78 is 5.13. The van der Waals surface area contributed by atoms with Crippen molar-refractivity contribution < 1.29 is 14.5 Å². The first-order valence-electron chi connectivity index (χ1n) is 7.25. The lowest BCUT2D eigenvalue weighted by atomic mass is 10.0. The van der Waals surface area contributed by atoms with Crippen molar-refractivity contribution in [2.45, 2.75) is 0 Å². The largest absolute Gasteiger partial charge is 0.423 e. The molecule has 3 aromatic carbocycles. The highest BCUT2D eigenvalue weighted by Gasteiger charge is 2.06. The number of ether oxygens (including phenoxy) is 1. The number of carbonyl (C=O) groups is 1. The number of non-ortho nitro benzene ring substituents is 1. The van der Waals surface area contributed by atoms with E-state index < -0.39 is 10.9 Å². The van der Waals surface area contributed by atoms with E-state index in [1.807, 2.05) is 42.5 Å². The maximum absolute atomic E-state index is 11.9. The van der Waals surface area contributed by atoms with Crippen molar-refractivity contribution in [1.82, 2.24) is 0 Å². The predicted molar refractivity (Wildman–Crippen MR) is 91.7 cm³/mol. The first-order valence-corrected chi connectivity index (χ1v) is 7.25. The molecule has 0 amide bonds. The van der Waals surface area contributed by atoms with Crippen LogP contribution in [0.5, 0.6) is 5.75 Å². The molecule has 0 aromatic heterocycles. The van der Waals surface area contributed by atoms with Gasteiger partial charge in [-0.2, -0.15) is 0 Å². The van der Waals surface area contributed by atoms with Crippen molar-refractivity contribution in [1.29, 1.82) is 0 Å². The van der Waals surface area contributed by atoms with Crippen LogP contribution in [0.25, 0.3) is 16.8 Å². The molecule has 0 saturated heterocycles. The molecule has 0 heterocycles. The number of hydrogen-bond donors (Lipinski definition) is 0. The van der Waals surface area contributed by atoms with Gasteiger partial charge >= 0.3 is 5.97 Å². The molecule has 5 nitrogen and oxygen atoms in total. The van der Waals surface area contributed by atoms with E-state index in [1.54, 1.807) is 6.08 Å². The summed E-state index contributed by atoms with van der Waals surface area (Å²) in [5.41, 5.74) is 0.856. The Morgan fingerprint density at radius 1 is 0.958 bits per heavy atom. The molecule has 5 heteroatoms. The Bertz CT molecular complexity index is 924. The van der Waals surface area contributed by atoms with Gasteiger partial charge in [-0.05, 0) is 34.5 Å². The second kappa shape index (κ2) is 6.75. The Morgan fingerprint density at radius 3 is 2.42 bits per heavy atom. The highest BCUT2D eigenvalue weighted by atomic mass is 16.6. The van der Waals surface area contributed by atoms with Crippen LogP contribution in [0, 0.1) is 10.1 Å². The van der Waals surface area contributed by atoms with Crippen molar-refractivity contribution >= 4 is 28.5 Å². The van der Waals surface area contributed by atoms with E-state index in [0.29, 0.717) is 0 Å².